The molecule has 1 aromatic carbocycles. The van der Waals surface area contributed by atoms with Crippen molar-refractivity contribution in [3.63, 3.8) is 0 Å². The lowest BCUT2D eigenvalue weighted by atomic mass is 10.0. The Morgan fingerprint density at radius 1 is 1.11 bits per heavy atom. The number of alkyl halides is 3. The summed E-state index contributed by atoms with van der Waals surface area (Å²) in [5, 5.41) is 8.23. The molecule has 4 rings (SSSR count). The summed E-state index contributed by atoms with van der Waals surface area (Å²) in [7, 11) is 0. The first-order chi connectivity index (χ1) is 12.9. The van der Waals surface area contributed by atoms with Crippen LogP contribution in [0, 0.1) is 0 Å². The Morgan fingerprint density at radius 3 is 2.48 bits per heavy atom. The SMILES string of the molecule is O=C(c1ccccc1OC(F)(F)F)N1CCC(n2cnnc2C2CC2)CC1. The average Bonchev–Trinajstić information content (AvgIpc) is 3.37. The summed E-state index contributed by atoms with van der Waals surface area (Å²) in [6.07, 6.45) is 0.592. The lowest BCUT2D eigenvalue weighted by molar-refractivity contribution is -0.274. The third kappa shape index (κ3) is 3.91. The lowest BCUT2D eigenvalue weighted by Crippen LogP contribution is -2.39. The number of piperidine rings is 1. The van der Waals surface area contributed by atoms with Crippen molar-refractivity contribution in [2.45, 2.75) is 44.0 Å². The number of hydrogen-bond donors (Lipinski definition) is 0. The smallest absolute Gasteiger partial charge is 0.405 e. The third-order valence-electron chi connectivity index (χ3n) is 5.03. The van der Waals surface area contributed by atoms with E-state index in [1.54, 1.807) is 11.2 Å². The van der Waals surface area contributed by atoms with E-state index < -0.39 is 18.0 Å². The quantitative estimate of drug-likeness (QED) is 0.814. The second-order valence-electron chi connectivity index (χ2n) is 6.94. The van der Waals surface area contributed by atoms with Crippen LogP contribution >= 0.6 is 0 Å². The van der Waals surface area contributed by atoms with Crippen LogP contribution in [0.2, 0.25) is 0 Å². The van der Waals surface area contributed by atoms with E-state index in [0.29, 0.717) is 31.8 Å². The monoisotopic (exact) mass is 380 g/mol. The van der Waals surface area contributed by atoms with E-state index in [1.165, 1.54) is 18.2 Å². The number of aromatic nitrogens is 3. The molecule has 27 heavy (non-hydrogen) atoms. The number of halogens is 3. The zero-order valence-electron chi connectivity index (χ0n) is 14.5. The lowest BCUT2D eigenvalue weighted by Gasteiger charge is -2.33. The molecule has 0 bridgehead atoms. The summed E-state index contributed by atoms with van der Waals surface area (Å²) in [6, 6.07) is 5.67. The number of para-hydroxylation sites is 1. The van der Waals surface area contributed by atoms with Gasteiger partial charge in [-0.05, 0) is 37.8 Å². The topological polar surface area (TPSA) is 60.2 Å². The molecule has 1 saturated carbocycles. The number of carbonyl (C=O) groups is 1. The highest BCUT2D eigenvalue weighted by Gasteiger charge is 2.35. The fraction of sp³-hybridized carbons (Fsp3) is 0.500. The van der Waals surface area contributed by atoms with Crippen LogP contribution < -0.4 is 4.74 Å². The summed E-state index contributed by atoms with van der Waals surface area (Å²) >= 11 is 0. The van der Waals surface area contributed by atoms with Gasteiger partial charge in [-0.25, -0.2) is 0 Å². The van der Waals surface area contributed by atoms with Crippen molar-refractivity contribution in [2.75, 3.05) is 13.1 Å². The molecule has 0 spiro atoms. The molecule has 1 saturated heterocycles. The normalized spacial score (nSPS) is 18.6. The fourth-order valence-electron chi connectivity index (χ4n) is 3.54. The van der Waals surface area contributed by atoms with Crippen molar-refractivity contribution in [1.29, 1.82) is 0 Å². The molecule has 1 amide bonds. The zero-order valence-corrected chi connectivity index (χ0v) is 14.5. The van der Waals surface area contributed by atoms with Crippen LogP contribution in [0.25, 0.3) is 0 Å². The van der Waals surface area contributed by atoms with Gasteiger partial charge < -0.3 is 14.2 Å². The van der Waals surface area contributed by atoms with Gasteiger partial charge in [0.15, 0.2) is 0 Å². The van der Waals surface area contributed by atoms with Crippen LogP contribution in [0.4, 0.5) is 13.2 Å². The summed E-state index contributed by atoms with van der Waals surface area (Å²) < 4.78 is 43.8. The van der Waals surface area contributed by atoms with Gasteiger partial charge in [0, 0.05) is 25.0 Å². The van der Waals surface area contributed by atoms with E-state index in [0.717, 1.165) is 24.7 Å². The van der Waals surface area contributed by atoms with Crippen molar-refractivity contribution in [3.05, 3.63) is 42.0 Å². The highest BCUT2D eigenvalue weighted by Crippen LogP contribution is 2.40. The maximum atomic E-state index is 12.7. The van der Waals surface area contributed by atoms with Crippen molar-refractivity contribution in [3.8, 4) is 5.75 Å². The maximum Gasteiger partial charge on any atom is 0.573 e. The van der Waals surface area contributed by atoms with E-state index in [4.69, 9.17) is 0 Å². The van der Waals surface area contributed by atoms with Gasteiger partial charge in [0.05, 0.1) is 5.56 Å². The van der Waals surface area contributed by atoms with Crippen LogP contribution in [0.5, 0.6) is 5.75 Å². The number of benzene rings is 1. The molecule has 9 heteroatoms. The first-order valence-corrected chi connectivity index (χ1v) is 8.96. The van der Waals surface area contributed by atoms with E-state index in [2.05, 4.69) is 19.5 Å². The molecule has 2 aliphatic rings. The Hall–Kier alpha value is -2.58. The summed E-state index contributed by atoms with van der Waals surface area (Å²) in [4.78, 5) is 14.3. The van der Waals surface area contributed by atoms with Crippen LogP contribution in [0.3, 0.4) is 0 Å². The number of amides is 1. The Balaban J connectivity index is 1.44. The Labute approximate surface area is 153 Å². The molecule has 2 aromatic rings. The molecule has 0 unspecified atom stereocenters. The molecule has 1 aliphatic heterocycles. The predicted octanol–water partition coefficient (Wildman–Crippen LogP) is 3.53. The number of nitrogens with zero attached hydrogens (tertiary/aromatic N) is 4. The standard InChI is InChI=1S/C18H19F3N4O2/c19-18(20,21)27-15-4-2-1-3-14(15)17(26)24-9-7-13(8-10-24)25-11-22-23-16(25)12-5-6-12/h1-4,11-13H,5-10H2. The van der Waals surface area contributed by atoms with E-state index in [1.807, 2.05) is 0 Å². The molecular weight excluding hydrogens is 361 g/mol. The summed E-state index contributed by atoms with van der Waals surface area (Å²) in [5.41, 5.74) is -0.0729. The first kappa shape index (κ1) is 17.8. The predicted molar refractivity (Wildman–Crippen MR) is 89.3 cm³/mol. The van der Waals surface area contributed by atoms with Crippen molar-refractivity contribution < 1.29 is 22.7 Å². The van der Waals surface area contributed by atoms with Gasteiger partial charge in [0.25, 0.3) is 5.91 Å². The fourth-order valence-corrected chi connectivity index (χ4v) is 3.54. The third-order valence-corrected chi connectivity index (χ3v) is 5.03. The molecule has 6 nitrogen and oxygen atoms in total. The largest absolute Gasteiger partial charge is 0.573 e. The molecular formula is C18H19F3N4O2. The number of hydrogen-bond acceptors (Lipinski definition) is 4. The van der Waals surface area contributed by atoms with Gasteiger partial charge in [-0.15, -0.1) is 23.4 Å². The first-order valence-electron chi connectivity index (χ1n) is 8.96. The van der Waals surface area contributed by atoms with Crippen LogP contribution in [-0.2, 0) is 0 Å². The Morgan fingerprint density at radius 2 is 1.81 bits per heavy atom. The van der Waals surface area contributed by atoms with Crippen molar-refractivity contribution in [2.24, 2.45) is 0 Å². The van der Waals surface area contributed by atoms with Gasteiger partial charge in [-0.3, -0.25) is 4.79 Å². The number of likely N-dealkylation sites (tertiary alicyclic amines) is 1. The molecule has 144 valence electrons. The zero-order chi connectivity index (χ0) is 19.0. The highest BCUT2D eigenvalue weighted by atomic mass is 19.4. The molecule has 0 radical (unpaired) electrons. The minimum absolute atomic E-state index is 0.0729. The van der Waals surface area contributed by atoms with Gasteiger partial charge >= 0.3 is 6.36 Å². The van der Waals surface area contributed by atoms with E-state index in [9.17, 15) is 18.0 Å². The maximum absolute atomic E-state index is 12.7. The summed E-state index contributed by atoms with van der Waals surface area (Å²) in [5.74, 6) is 0.577. The highest BCUT2D eigenvalue weighted by molar-refractivity contribution is 5.97. The second-order valence-corrected chi connectivity index (χ2v) is 6.94. The molecule has 1 aromatic heterocycles. The van der Waals surface area contributed by atoms with Gasteiger partial charge in [0.1, 0.15) is 17.9 Å². The minimum Gasteiger partial charge on any atom is -0.405 e. The second kappa shape index (κ2) is 6.86. The van der Waals surface area contributed by atoms with Gasteiger partial charge in [-0.2, -0.15) is 0 Å². The number of ether oxygens (including phenoxy) is 1. The average molecular weight is 380 g/mol. The van der Waals surface area contributed by atoms with Crippen molar-refractivity contribution in [1.82, 2.24) is 19.7 Å². The molecule has 1 aliphatic carbocycles. The molecule has 2 fully saturated rings. The van der Waals surface area contributed by atoms with Gasteiger partial charge in [0.2, 0.25) is 0 Å². The molecule has 2 heterocycles. The van der Waals surface area contributed by atoms with Crippen LogP contribution in [0.15, 0.2) is 30.6 Å². The van der Waals surface area contributed by atoms with E-state index in [-0.39, 0.29) is 11.6 Å². The number of carbonyl (C=O) groups excluding carboxylic acids is 1. The Bertz CT molecular complexity index is 824. The van der Waals surface area contributed by atoms with Crippen molar-refractivity contribution >= 4 is 5.91 Å². The van der Waals surface area contributed by atoms with Gasteiger partial charge in [-0.1, -0.05) is 12.1 Å². The van der Waals surface area contributed by atoms with Crippen LogP contribution in [-0.4, -0.2) is 45.0 Å². The minimum atomic E-state index is -4.84. The number of rotatable bonds is 4. The molecule has 0 atom stereocenters. The summed E-state index contributed by atoms with van der Waals surface area (Å²) in [6.45, 7) is 0.929. The van der Waals surface area contributed by atoms with E-state index >= 15 is 0 Å². The van der Waals surface area contributed by atoms with Crippen LogP contribution in [0.1, 0.15) is 53.8 Å². The Kier molecular flexibility index (Phi) is 4.53. The molecule has 0 N–H and O–H groups in total.